The molecule has 4 nitrogen and oxygen atoms in total. The normalized spacial score (nSPS) is 11.6. The van der Waals surface area contributed by atoms with Crippen LogP contribution < -0.4 is 0 Å². The van der Waals surface area contributed by atoms with Gasteiger partial charge in [0, 0.05) is 4.75 Å². The summed E-state index contributed by atoms with van der Waals surface area (Å²) in [6.07, 6.45) is 1.15. The van der Waals surface area contributed by atoms with Gasteiger partial charge in [0.1, 0.15) is 6.26 Å². The van der Waals surface area contributed by atoms with Crippen LogP contribution in [0.4, 0.5) is 0 Å². The highest BCUT2D eigenvalue weighted by molar-refractivity contribution is 8.00. The van der Waals surface area contributed by atoms with Gasteiger partial charge in [0.05, 0.1) is 0 Å². The van der Waals surface area contributed by atoms with Crippen molar-refractivity contribution in [3.63, 3.8) is 0 Å². The van der Waals surface area contributed by atoms with Crippen LogP contribution in [0.25, 0.3) is 0 Å². The topological polar surface area (TPSA) is 63.3 Å². The number of carboxylic acid groups (broad SMARTS) is 1. The van der Waals surface area contributed by atoms with Crippen molar-refractivity contribution in [2.24, 2.45) is 0 Å². The molecule has 0 unspecified atom stereocenters. The lowest BCUT2D eigenvalue weighted by Crippen LogP contribution is -2.06. The molecular weight excluding hydrogens is 190 g/mol. The fourth-order valence-corrected chi connectivity index (χ4v) is 1.43. The standard InChI is InChI=1S/C8H11NO3S/c1-8(2,3)13-7-9-5(4-12-7)6(10)11/h4H,1-3H3,(H,10,11). The van der Waals surface area contributed by atoms with E-state index in [4.69, 9.17) is 9.52 Å². The first-order valence-electron chi connectivity index (χ1n) is 3.76. The molecule has 1 N–H and O–H groups in total. The van der Waals surface area contributed by atoms with Crippen molar-refractivity contribution in [1.82, 2.24) is 4.98 Å². The number of hydrogen-bond acceptors (Lipinski definition) is 4. The molecule has 0 spiro atoms. The van der Waals surface area contributed by atoms with E-state index in [9.17, 15) is 4.79 Å². The average Bonchev–Trinajstić information content (AvgIpc) is 2.31. The first-order valence-corrected chi connectivity index (χ1v) is 4.58. The summed E-state index contributed by atoms with van der Waals surface area (Å²) in [7, 11) is 0. The molecule has 0 saturated carbocycles. The maximum absolute atomic E-state index is 10.4. The number of aromatic carboxylic acids is 1. The SMILES string of the molecule is CC(C)(C)Sc1nc(C(=O)O)co1. The van der Waals surface area contributed by atoms with E-state index in [1.807, 2.05) is 20.8 Å². The van der Waals surface area contributed by atoms with Gasteiger partial charge in [0.15, 0.2) is 5.69 Å². The van der Waals surface area contributed by atoms with Gasteiger partial charge in [-0.25, -0.2) is 4.79 Å². The van der Waals surface area contributed by atoms with Gasteiger partial charge in [-0.15, -0.1) is 0 Å². The summed E-state index contributed by atoms with van der Waals surface area (Å²) < 4.78 is 4.95. The molecule has 1 aromatic heterocycles. The van der Waals surface area contributed by atoms with Crippen molar-refractivity contribution in [2.45, 2.75) is 30.7 Å². The smallest absolute Gasteiger partial charge is 0.357 e. The number of hydrogen-bond donors (Lipinski definition) is 1. The maximum atomic E-state index is 10.4. The van der Waals surface area contributed by atoms with E-state index >= 15 is 0 Å². The van der Waals surface area contributed by atoms with Crippen LogP contribution in [0.15, 0.2) is 15.9 Å². The molecule has 5 heteroatoms. The molecule has 1 heterocycles. The molecule has 13 heavy (non-hydrogen) atoms. The third-order valence-electron chi connectivity index (χ3n) is 1.10. The highest BCUT2D eigenvalue weighted by atomic mass is 32.2. The highest BCUT2D eigenvalue weighted by Gasteiger charge is 2.18. The van der Waals surface area contributed by atoms with Crippen LogP contribution in [-0.4, -0.2) is 20.8 Å². The van der Waals surface area contributed by atoms with Gasteiger partial charge >= 0.3 is 5.97 Å². The van der Waals surface area contributed by atoms with Gasteiger partial charge in [-0.2, -0.15) is 4.98 Å². The van der Waals surface area contributed by atoms with Gasteiger partial charge in [0.25, 0.3) is 5.22 Å². The minimum absolute atomic E-state index is 0.0272. The van der Waals surface area contributed by atoms with Gasteiger partial charge in [0.2, 0.25) is 0 Å². The summed E-state index contributed by atoms with van der Waals surface area (Å²) >= 11 is 1.40. The summed E-state index contributed by atoms with van der Waals surface area (Å²) in [4.78, 5) is 14.2. The van der Waals surface area contributed by atoms with Crippen LogP contribution in [0.3, 0.4) is 0 Å². The Labute approximate surface area is 80.3 Å². The minimum Gasteiger partial charge on any atom is -0.476 e. The largest absolute Gasteiger partial charge is 0.476 e. The van der Waals surface area contributed by atoms with E-state index < -0.39 is 5.97 Å². The van der Waals surface area contributed by atoms with Crippen molar-refractivity contribution in [2.75, 3.05) is 0 Å². The fourth-order valence-electron chi connectivity index (χ4n) is 0.664. The molecule has 1 aromatic rings. The molecule has 0 fully saturated rings. The number of oxazole rings is 1. The Hall–Kier alpha value is -0.970. The van der Waals surface area contributed by atoms with Gasteiger partial charge < -0.3 is 9.52 Å². The Morgan fingerprint density at radius 1 is 1.62 bits per heavy atom. The lowest BCUT2D eigenvalue weighted by molar-refractivity contribution is 0.0690. The number of thioether (sulfide) groups is 1. The molecule has 0 radical (unpaired) electrons. The average molecular weight is 201 g/mol. The van der Waals surface area contributed by atoms with E-state index in [0.717, 1.165) is 6.26 Å². The van der Waals surface area contributed by atoms with E-state index in [-0.39, 0.29) is 10.4 Å². The Balaban J connectivity index is 2.75. The van der Waals surface area contributed by atoms with Crippen molar-refractivity contribution >= 4 is 17.7 Å². The first kappa shape index (κ1) is 10.1. The molecule has 1 rings (SSSR count). The Bertz CT molecular complexity index is 313. The lowest BCUT2D eigenvalue weighted by Gasteiger charge is -2.13. The predicted molar refractivity (Wildman–Crippen MR) is 49.1 cm³/mol. The molecule has 0 aromatic carbocycles. The van der Waals surface area contributed by atoms with Crippen molar-refractivity contribution in [1.29, 1.82) is 0 Å². The van der Waals surface area contributed by atoms with E-state index in [1.54, 1.807) is 0 Å². The summed E-state index contributed by atoms with van der Waals surface area (Å²) in [5.41, 5.74) is -0.0493. The van der Waals surface area contributed by atoms with Crippen LogP contribution in [-0.2, 0) is 0 Å². The van der Waals surface area contributed by atoms with Crippen molar-refractivity contribution < 1.29 is 14.3 Å². The van der Waals surface area contributed by atoms with Crippen LogP contribution in [0.5, 0.6) is 0 Å². The van der Waals surface area contributed by atoms with Crippen LogP contribution in [0, 0.1) is 0 Å². The molecule has 72 valence electrons. The number of carbonyl (C=O) groups is 1. The van der Waals surface area contributed by atoms with Crippen LogP contribution in [0.2, 0.25) is 0 Å². The van der Waals surface area contributed by atoms with Crippen LogP contribution in [0.1, 0.15) is 31.3 Å². The second-order valence-electron chi connectivity index (χ2n) is 3.52. The Morgan fingerprint density at radius 3 is 2.62 bits per heavy atom. The summed E-state index contributed by atoms with van der Waals surface area (Å²) in [6, 6.07) is 0. The Kier molecular flexibility index (Phi) is 2.66. The zero-order valence-electron chi connectivity index (χ0n) is 7.70. The summed E-state index contributed by atoms with van der Waals surface area (Å²) in [6.45, 7) is 6.01. The van der Waals surface area contributed by atoms with Gasteiger partial charge in [-0.3, -0.25) is 0 Å². The van der Waals surface area contributed by atoms with Gasteiger partial charge in [-0.1, -0.05) is 32.5 Å². The first-order chi connectivity index (χ1) is 5.88. The second kappa shape index (κ2) is 3.41. The van der Waals surface area contributed by atoms with E-state index in [1.165, 1.54) is 11.8 Å². The Morgan fingerprint density at radius 2 is 2.23 bits per heavy atom. The zero-order valence-corrected chi connectivity index (χ0v) is 8.51. The van der Waals surface area contributed by atoms with E-state index in [2.05, 4.69) is 4.98 Å². The molecular formula is C8H11NO3S. The number of nitrogens with zero attached hydrogens (tertiary/aromatic N) is 1. The molecule has 0 amide bonds. The molecule has 0 aliphatic heterocycles. The number of carboxylic acids is 1. The molecule has 0 aliphatic carbocycles. The third kappa shape index (κ3) is 3.10. The van der Waals surface area contributed by atoms with Crippen molar-refractivity contribution in [3.8, 4) is 0 Å². The maximum Gasteiger partial charge on any atom is 0.357 e. The summed E-state index contributed by atoms with van der Waals surface area (Å²) in [5, 5.41) is 8.96. The van der Waals surface area contributed by atoms with Crippen LogP contribution >= 0.6 is 11.8 Å². The quantitative estimate of drug-likeness (QED) is 0.743. The predicted octanol–water partition coefficient (Wildman–Crippen LogP) is 2.26. The summed E-state index contributed by atoms with van der Waals surface area (Å²) in [5.74, 6) is -1.07. The number of aromatic nitrogens is 1. The zero-order chi connectivity index (χ0) is 10.1. The number of rotatable bonds is 2. The fraction of sp³-hybridized carbons (Fsp3) is 0.500. The minimum atomic E-state index is -1.07. The highest BCUT2D eigenvalue weighted by Crippen LogP contribution is 2.30. The molecule has 0 bridgehead atoms. The molecule has 0 atom stereocenters. The molecule has 0 aliphatic rings. The van der Waals surface area contributed by atoms with Crippen molar-refractivity contribution in [3.05, 3.63) is 12.0 Å². The second-order valence-corrected chi connectivity index (χ2v) is 5.30. The van der Waals surface area contributed by atoms with E-state index in [0.29, 0.717) is 5.22 Å². The third-order valence-corrected chi connectivity index (χ3v) is 2.07. The van der Waals surface area contributed by atoms with Gasteiger partial charge in [-0.05, 0) is 0 Å². The lowest BCUT2D eigenvalue weighted by atomic mass is 10.3. The molecule has 0 saturated heterocycles. The monoisotopic (exact) mass is 201 g/mol.